The molecule has 2 atom stereocenters. The smallest absolute Gasteiger partial charge is 0.0254 e. The van der Waals surface area contributed by atoms with Crippen molar-refractivity contribution in [3.8, 4) is 0 Å². The Balaban J connectivity index is 2.06. The molecule has 0 bridgehead atoms. The Bertz CT molecular complexity index is 55.1. The second-order valence-electron chi connectivity index (χ2n) is 2.06. The van der Waals surface area contributed by atoms with Crippen LogP contribution in [-0.4, -0.2) is 11.8 Å². The molecule has 0 aromatic rings. The summed E-state index contributed by atoms with van der Waals surface area (Å²) in [6.45, 7) is 0. The minimum atomic E-state index is 0.749. The van der Waals surface area contributed by atoms with E-state index in [0.717, 1.165) is 23.6 Å². The van der Waals surface area contributed by atoms with Gasteiger partial charge in [-0.2, -0.15) is 0 Å². The highest BCUT2D eigenvalue weighted by Crippen LogP contribution is 2.39. The van der Waals surface area contributed by atoms with Crippen molar-refractivity contribution in [2.75, 3.05) is 11.8 Å². The first-order valence-electron chi connectivity index (χ1n) is 2.50. The van der Waals surface area contributed by atoms with Crippen LogP contribution in [0, 0.1) is 11.8 Å². The maximum absolute atomic E-state index is 5.51. The molecule has 0 N–H and O–H groups in total. The Morgan fingerprint density at radius 3 is 1.71 bits per heavy atom. The molecule has 1 fully saturated rings. The molecule has 0 aromatic heterocycles. The van der Waals surface area contributed by atoms with E-state index in [0.29, 0.717) is 0 Å². The lowest BCUT2D eigenvalue weighted by Gasteiger charge is -1.82. The molecule has 0 nitrogen and oxygen atoms in total. The normalized spacial score (nSPS) is 38.6. The van der Waals surface area contributed by atoms with Gasteiger partial charge < -0.3 is 0 Å². The van der Waals surface area contributed by atoms with Crippen molar-refractivity contribution in [2.24, 2.45) is 11.8 Å². The molecular weight excluding hydrogens is 131 g/mol. The summed E-state index contributed by atoms with van der Waals surface area (Å²) in [5.74, 6) is 3.10. The molecule has 0 radical (unpaired) electrons. The third kappa shape index (κ3) is 1.23. The highest BCUT2D eigenvalue weighted by molar-refractivity contribution is 6.19. The van der Waals surface area contributed by atoms with Crippen molar-refractivity contribution in [1.29, 1.82) is 0 Å². The van der Waals surface area contributed by atoms with Gasteiger partial charge in [0.25, 0.3) is 0 Å². The summed E-state index contributed by atoms with van der Waals surface area (Å²) in [5, 5.41) is 0. The van der Waals surface area contributed by atoms with Gasteiger partial charge in [-0.05, 0) is 18.3 Å². The van der Waals surface area contributed by atoms with Crippen LogP contribution in [0.5, 0.6) is 0 Å². The van der Waals surface area contributed by atoms with Crippen LogP contribution in [0.25, 0.3) is 0 Å². The van der Waals surface area contributed by atoms with Gasteiger partial charge in [0, 0.05) is 11.8 Å². The Hall–Kier alpha value is 0.580. The summed E-state index contributed by atoms with van der Waals surface area (Å²) in [6, 6.07) is 0. The van der Waals surface area contributed by atoms with Crippen LogP contribution in [0.1, 0.15) is 6.42 Å². The molecule has 1 rings (SSSR count). The molecule has 2 heteroatoms. The highest BCUT2D eigenvalue weighted by atomic mass is 35.5. The molecule has 0 aromatic carbocycles. The van der Waals surface area contributed by atoms with E-state index >= 15 is 0 Å². The van der Waals surface area contributed by atoms with Gasteiger partial charge in [0.2, 0.25) is 0 Å². The van der Waals surface area contributed by atoms with Crippen molar-refractivity contribution in [1.82, 2.24) is 0 Å². The van der Waals surface area contributed by atoms with E-state index in [1.807, 2.05) is 0 Å². The van der Waals surface area contributed by atoms with E-state index < -0.39 is 0 Å². The van der Waals surface area contributed by atoms with Gasteiger partial charge in [-0.3, -0.25) is 0 Å². The molecule has 0 spiro atoms. The summed E-state index contributed by atoms with van der Waals surface area (Å²) < 4.78 is 0. The van der Waals surface area contributed by atoms with Gasteiger partial charge >= 0.3 is 0 Å². The molecule has 7 heavy (non-hydrogen) atoms. The molecule has 1 aliphatic carbocycles. The predicted octanol–water partition coefficient (Wildman–Crippen LogP) is 2.10. The SMILES string of the molecule is ClCC1CC1CCl. The monoisotopic (exact) mass is 138 g/mol. The zero-order chi connectivity index (χ0) is 5.28. The minimum absolute atomic E-state index is 0.749. The van der Waals surface area contributed by atoms with Gasteiger partial charge in [0.1, 0.15) is 0 Å². The van der Waals surface area contributed by atoms with Gasteiger partial charge in [0.05, 0.1) is 0 Å². The maximum atomic E-state index is 5.51. The van der Waals surface area contributed by atoms with Crippen LogP contribution >= 0.6 is 23.2 Å². The van der Waals surface area contributed by atoms with Crippen molar-refractivity contribution in [3.05, 3.63) is 0 Å². The van der Waals surface area contributed by atoms with Crippen LogP contribution in [0.2, 0.25) is 0 Å². The van der Waals surface area contributed by atoms with Crippen molar-refractivity contribution in [2.45, 2.75) is 6.42 Å². The third-order valence-electron chi connectivity index (χ3n) is 1.47. The number of rotatable bonds is 2. The van der Waals surface area contributed by atoms with Gasteiger partial charge in [-0.25, -0.2) is 0 Å². The van der Waals surface area contributed by atoms with Crippen molar-refractivity contribution >= 4 is 23.2 Å². The van der Waals surface area contributed by atoms with Crippen LogP contribution in [0.3, 0.4) is 0 Å². The molecule has 0 aliphatic heterocycles. The maximum Gasteiger partial charge on any atom is 0.0254 e. The summed E-state index contributed by atoms with van der Waals surface area (Å²) in [5.41, 5.74) is 0. The standard InChI is InChI=1S/C5H8Cl2/c6-2-4-1-5(4)3-7/h4-5H,1-3H2. The Labute approximate surface area is 53.8 Å². The van der Waals surface area contributed by atoms with E-state index in [-0.39, 0.29) is 0 Å². The van der Waals surface area contributed by atoms with E-state index in [2.05, 4.69) is 0 Å². The van der Waals surface area contributed by atoms with Crippen molar-refractivity contribution < 1.29 is 0 Å². The first-order chi connectivity index (χ1) is 3.38. The third-order valence-corrected chi connectivity index (χ3v) is 2.26. The second-order valence-corrected chi connectivity index (χ2v) is 2.68. The first-order valence-corrected chi connectivity index (χ1v) is 3.57. The van der Waals surface area contributed by atoms with E-state index in [1.54, 1.807) is 0 Å². The molecule has 0 heterocycles. The molecule has 42 valence electrons. The van der Waals surface area contributed by atoms with Crippen LogP contribution in [0.15, 0.2) is 0 Å². The minimum Gasteiger partial charge on any atom is -0.126 e. The Morgan fingerprint density at radius 1 is 1.14 bits per heavy atom. The Morgan fingerprint density at radius 2 is 1.57 bits per heavy atom. The van der Waals surface area contributed by atoms with Crippen LogP contribution in [0.4, 0.5) is 0 Å². The quantitative estimate of drug-likeness (QED) is 0.514. The number of halogens is 2. The lowest BCUT2D eigenvalue weighted by atomic mass is 10.4. The summed E-state index contributed by atoms with van der Waals surface area (Å²) in [7, 11) is 0. The van der Waals surface area contributed by atoms with Crippen LogP contribution < -0.4 is 0 Å². The number of hydrogen-bond acceptors (Lipinski definition) is 0. The first kappa shape index (κ1) is 5.71. The van der Waals surface area contributed by atoms with Crippen molar-refractivity contribution in [3.63, 3.8) is 0 Å². The van der Waals surface area contributed by atoms with E-state index in [1.165, 1.54) is 6.42 Å². The fourth-order valence-corrected chi connectivity index (χ4v) is 1.44. The number of alkyl halides is 2. The van der Waals surface area contributed by atoms with Gasteiger partial charge in [0.15, 0.2) is 0 Å². The summed E-state index contributed by atoms with van der Waals surface area (Å²) >= 11 is 11.0. The average Bonchev–Trinajstić information content (AvgIpc) is 2.43. The summed E-state index contributed by atoms with van der Waals surface area (Å²) in [4.78, 5) is 0. The largest absolute Gasteiger partial charge is 0.126 e. The molecule has 1 saturated carbocycles. The molecule has 0 saturated heterocycles. The lowest BCUT2D eigenvalue weighted by molar-refractivity contribution is 0.848. The topological polar surface area (TPSA) is 0 Å². The van der Waals surface area contributed by atoms with Crippen LogP contribution in [-0.2, 0) is 0 Å². The molecule has 1 aliphatic rings. The summed E-state index contributed by atoms with van der Waals surface area (Å²) in [6.07, 6.45) is 1.26. The molecular formula is C5H8Cl2. The van der Waals surface area contributed by atoms with E-state index in [4.69, 9.17) is 23.2 Å². The lowest BCUT2D eigenvalue weighted by Crippen LogP contribution is -1.82. The van der Waals surface area contributed by atoms with Gasteiger partial charge in [-0.1, -0.05) is 0 Å². The zero-order valence-corrected chi connectivity index (χ0v) is 5.54. The van der Waals surface area contributed by atoms with E-state index in [9.17, 15) is 0 Å². The average molecular weight is 139 g/mol. The predicted molar refractivity (Wildman–Crippen MR) is 33.0 cm³/mol. The fraction of sp³-hybridized carbons (Fsp3) is 1.00. The zero-order valence-electron chi connectivity index (χ0n) is 4.03. The second kappa shape index (κ2) is 2.23. The van der Waals surface area contributed by atoms with Gasteiger partial charge in [-0.15, -0.1) is 23.2 Å². The fourth-order valence-electron chi connectivity index (χ4n) is 0.688. The Kier molecular flexibility index (Phi) is 1.82. The highest BCUT2D eigenvalue weighted by Gasteiger charge is 2.34. The number of hydrogen-bond donors (Lipinski definition) is 0. The molecule has 2 unspecified atom stereocenters. The molecule has 0 amide bonds.